The topological polar surface area (TPSA) is 62.2 Å². The molecule has 5 heteroatoms. The minimum atomic E-state index is -0.775. The molecule has 0 unspecified atom stereocenters. The summed E-state index contributed by atoms with van der Waals surface area (Å²) in [5, 5.41) is 14.7. The second-order valence-corrected chi connectivity index (χ2v) is 4.55. The third kappa shape index (κ3) is 4.18. The van der Waals surface area contributed by atoms with E-state index in [0.717, 1.165) is 23.7 Å². The highest BCUT2D eigenvalue weighted by Crippen LogP contribution is 2.18. The summed E-state index contributed by atoms with van der Waals surface area (Å²) in [5.41, 5.74) is 0.862. The van der Waals surface area contributed by atoms with Gasteiger partial charge in [-0.25, -0.2) is 4.98 Å². The number of hydrogen-bond donors (Lipinski definition) is 2. The maximum Gasteiger partial charge on any atom is 0.303 e. The first-order valence-electron chi connectivity index (χ1n) is 5.58. The van der Waals surface area contributed by atoms with E-state index in [0.29, 0.717) is 12.5 Å². The van der Waals surface area contributed by atoms with Crippen LogP contribution in [0, 0.1) is 0 Å². The van der Waals surface area contributed by atoms with Crippen molar-refractivity contribution in [3.63, 3.8) is 0 Å². The molecule has 0 aliphatic carbocycles. The van der Waals surface area contributed by atoms with Gasteiger partial charge in [0, 0.05) is 17.8 Å². The molecule has 1 rings (SSSR count). The molecule has 0 saturated carbocycles. The van der Waals surface area contributed by atoms with Crippen molar-refractivity contribution in [2.75, 3.05) is 5.32 Å². The molecule has 0 atom stereocenters. The second-order valence-electron chi connectivity index (χ2n) is 3.70. The molecular weight excluding hydrogens is 224 g/mol. The van der Waals surface area contributed by atoms with Crippen LogP contribution < -0.4 is 5.32 Å². The molecule has 0 aromatic carbocycles. The van der Waals surface area contributed by atoms with Crippen LogP contribution in [0.2, 0.25) is 0 Å². The van der Waals surface area contributed by atoms with Crippen LogP contribution in [0.1, 0.15) is 38.8 Å². The maximum absolute atomic E-state index is 10.4. The van der Waals surface area contributed by atoms with E-state index in [1.54, 1.807) is 11.3 Å². The van der Waals surface area contributed by atoms with Crippen LogP contribution in [-0.4, -0.2) is 22.1 Å². The molecule has 0 aliphatic rings. The minimum Gasteiger partial charge on any atom is -0.481 e. The molecule has 2 N–H and O–H groups in total. The summed E-state index contributed by atoms with van der Waals surface area (Å²) in [6.07, 6.45) is 2.80. The number of aryl methyl sites for hydroxylation is 1. The number of carbonyl (C=O) groups is 1. The molecule has 90 valence electrons. The van der Waals surface area contributed by atoms with E-state index in [1.807, 2.05) is 5.38 Å². The zero-order chi connectivity index (χ0) is 12.0. The summed E-state index contributed by atoms with van der Waals surface area (Å²) in [6.45, 7) is 4.28. The van der Waals surface area contributed by atoms with E-state index in [9.17, 15) is 4.79 Å². The number of thiazole rings is 1. The van der Waals surface area contributed by atoms with Crippen molar-refractivity contribution in [2.45, 2.75) is 45.6 Å². The van der Waals surface area contributed by atoms with Crippen molar-refractivity contribution in [3.05, 3.63) is 11.1 Å². The van der Waals surface area contributed by atoms with Gasteiger partial charge in [0.25, 0.3) is 0 Å². The second kappa shape index (κ2) is 6.48. The average Bonchev–Trinajstić information content (AvgIpc) is 2.70. The number of aromatic nitrogens is 1. The number of anilines is 1. The van der Waals surface area contributed by atoms with Crippen molar-refractivity contribution >= 4 is 22.4 Å². The molecule has 4 nitrogen and oxygen atoms in total. The van der Waals surface area contributed by atoms with Crippen molar-refractivity contribution in [3.8, 4) is 0 Å². The summed E-state index contributed by atoms with van der Waals surface area (Å²) in [5.74, 6) is -0.775. The summed E-state index contributed by atoms with van der Waals surface area (Å²) in [7, 11) is 0. The first-order valence-corrected chi connectivity index (χ1v) is 6.46. The number of hydrogen-bond acceptors (Lipinski definition) is 4. The summed E-state index contributed by atoms with van der Waals surface area (Å²) < 4.78 is 0. The van der Waals surface area contributed by atoms with Gasteiger partial charge in [-0.05, 0) is 12.8 Å². The van der Waals surface area contributed by atoms with Gasteiger partial charge in [-0.3, -0.25) is 4.79 Å². The fourth-order valence-corrected chi connectivity index (χ4v) is 2.21. The molecule has 0 aliphatic heterocycles. The number of carboxylic acid groups (broad SMARTS) is 1. The lowest BCUT2D eigenvalue weighted by atomic mass is 10.2. The van der Waals surface area contributed by atoms with Crippen molar-refractivity contribution in [1.82, 2.24) is 4.98 Å². The highest BCUT2D eigenvalue weighted by molar-refractivity contribution is 7.13. The van der Waals surface area contributed by atoms with E-state index in [4.69, 9.17) is 5.11 Å². The quantitative estimate of drug-likeness (QED) is 0.771. The third-order valence-electron chi connectivity index (χ3n) is 2.46. The van der Waals surface area contributed by atoms with Crippen molar-refractivity contribution in [2.24, 2.45) is 0 Å². The number of carboxylic acids is 1. The van der Waals surface area contributed by atoms with Crippen LogP contribution in [0.15, 0.2) is 5.38 Å². The molecule has 1 aromatic rings. The van der Waals surface area contributed by atoms with Gasteiger partial charge in [0.2, 0.25) is 0 Å². The predicted octanol–water partition coefficient (Wildman–Crippen LogP) is 2.76. The fraction of sp³-hybridized carbons (Fsp3) is 0.636. The zero-order valence-corrected chi connectivity index (χ0v) is 10.5. The van der Waals surface area contributed by atoms with Gasteiger partial charge in [-0.1, -0.05) is 13.8 Å². The Balaban J connectivity index is 2.47. The summed E-state index contributed by atoms with van der Waals surface area (Å²) in [4.78, 5) is 14.8. The Bertz CT molecular complexity index is 334. The maximum atomic E-state index is 10.4. The van der Waals surface area contributed by atoms with Crippen molar-refractivity contribution < 1.29 is 9.90 Å². The van der Waals surface area contributed by atoms with Crippen LogP contribution in [0.25, 0.3) is 0 Å². The molecule has 0 spiro atoms. The van der Waals surface area contributed by atoms with Gasteiger partial charge in [-0.2, -0.15) is 0 Å². The van der Waals surface area contributed by atoms with Gasteiger partial charge in [-0.15, -0.1) is 11.3 Å². The Hall–Kier alpha value is -1.10. The highest BCUT2D eigenvalue weighted by atomic mass is 32.1. The fourth-order valence-electron chi connectivity index (χ4n) is 1.39. The zero-order valence-electron chi connectivity index (χ0n) is 9.69. The standard InChI is InChI=1S/C11H18N2O2S/c1-3-8(4-2)12-11-13-9(7-16-11)5-6-10(14)15/h7-8H,3-6H2,1-2H3,(H,12,13)(H,14,15). The van der Waals surface area contributed by atoms with Crippen LogP contribution in [-0.2, 0) is 11.2 Å². The van der Waals surface area contributed by atoms with Gasteiger partial charge in [0.1, 0.15) is 0 Å². The molecule has 1 heterocycles. The summed E-state index contributed by atoms with van der Waals surface area (Å²) in [6, 6.07) is 0.457. The Morgan fingerprint density at radius 2 is 2.25 bits per heavy atom. The van der Waals surface area contributed by atoms with Crippen LogP contribution in [0.4, 0.5) is 5.13 Å². The van der Waals surface area contributed by atoms with Gasteiger partial charge < -0.3 is 10.4 Å². The Morgan fingerprint density at radius 3 is 2.81 bits per heavy atom. The molecular formula is C11H18N2O2S. The normalized spacial score (nSPS) is 10.7. The van der Waals surface area contributed by atoms with Gasteiger partial charge in [0.05, 0.1) is 12.1 Å². The van der Waals surface area contributed by atoms with E-state index in [2.05, 4.69) is 24.1 Å². The molecule has 0 amide bonds. The SMILES string of the molecule is CCC(CC)Nc1nc(CCC(=O)O)cs1. The first-order chi connectivity index (χ1) is 7.65. The number of rotatable bonds is 7. The Morgan fingerprint density at radius 1 is 1.56 bits per heavy atom. The predicted molar refractivity (Wildman–Crippen MR) is 66.1 cm³/mol. The van der Waals surface area contributed by atoms with Gasteiger partial charge >= 0.3 is 5.97 Å². The Labute approximate surface area is 99.7 Å². The first kappa shape index (κ1) is 13.0. The van der Waals surface area contributed by atoms with E-state index in [-0.39, 0.29) is 6.42 Å². The highest BCUT2D eigenvalue weighted by Gasteiger charge is 2.07. The lowest BCUT2D eigenvalue weighted by molar-refractivity contribution is -0.136. The molecule has 0 bridgehead atoms. The lowest BCUT2D eigenvalue weighted by Gasteiger charge is -2.12. The molecule has 0 radical (unpaired) electrons. The molecule has 16 heavy (non-hydrogen) atoms. The van der Waals surface area contributed by atoms with Crippen LogP contribution in [0.5, 0.6) is 0 Å². The lowest BCUT2D eigenvalue weighted by Crippen LogP contribution is -2.16. The minimum absolute atomic E-state index is 0.147. The number of nitrogens with one attached hydrogen (secondary N) is 1. The number of aliphatic carboxylic acids is 1. The van der Waals surface area contributed by atoms with E-state index < -0.39 is 5.97 Å². The Kier molecular flexibility index (Phi) is 5.25. The number of nitrogens with zero attached hydrogens (tertiary/aromatic N) is 1. The smallest absolute Gasteiger partial charge is 0.303 e. The van der Waals surface area contributed by atoms with E-state index >= 15 is 0 Å². The van der Waals surface area contributed by atoms with Crippen LogP contribution >= 0.6 is 11.3 Å². The average molecular weight is 242 g/mol. The van der Waals surface area contributed by atoms with Crippen LogP contribution in [0.3, 0.4) is 0 Å². The molecule has 1 aromatic heterocycles. The van der Waals surface area contributed by atoms with E-state index in [1.165, 1.54) is 0 Å². The monoisotopic (exact) mass is 242 g/mol. The van der Waals surface area contributed by atoms with Crippen molar-refractivity contribution in [1.29, 1.82) is 0 Å². The largest absolute Gasteiger partial charge is 0.481 e. The van der Waals surface area contributed by atoms with Gasteiger partial charge in [0.15, 0.2) is 5.13 Å². The summed E-state index contributed by atoms with van der Waals surface area (Å²) >= 11 is 1.55. The molecule has 0 fully saturated rings. The molecule has 0 saturated heterocycles. The third-order valence-corrected chi connectivity index (χ3v) is 3.28.